The Hall–Kier alpha value is -3.69. The van der Waals surface area contributed by atoms with E-state index in [-0.39, 0.29) is 18.7 Å². The van der Waals surface area contributed by atoms with Crippen molar-refractivity contribution in [2.24, 2.45) is 4.99 Å². The van der Waals surface area contributed by atoms with Gasteiger partial charge in [-0.25, -0.2) is 14.6 Å². The number of carboxylic acid groups (broad SMARTS) is 1. The number of amidine groups is 1. The number of aliphatic imine (C=N–C) groups is 1. The molecule has 2 amide bonds. The molecule has 0 saturated carbocycles. The summed E-state index contributed by atoms with van der Waals surface area (Å²) in [5.41, 5.74) is 0.0759. The van der Waals surface area contributed by atoms with Crippen LogP contribution in [0.25, 0.3) is 0 Å². The quantitative estimate of drug-likeness (QED) is 0.310. The van der Waals surface area contributed by atoms with E-state index in [0.717, 1.165) is 0 Å². The maximum absolute atomic E-state index is 12.4. The first-order chi connectivity index (χ1) is 16.4. The molecular weight excluding hydrogens is 474 g/mol. The van der Waals surface area contributed by atoms with Gasteiger partial charge in [-0.1, -0.05) is 11.6 Å². The van der Waals surface area contributed by atoms with E-state index in [0.29, 0.717) is 22.1 Å². The molecule has 1 aliphatic rings. The minimum atomic E-state index is -1.16. The van der Waals surface area contributed by atoms with Crippen LogP contribution in [0.5, 0.6) is 5.75 Å². The van der Waals surface area contributed by atoms with E-state index in [1.807, 2.05) is 0 Å². The number of hydrogen-bond acceptors (Lipinski definition) is 6. The zero-order chi connectivity index (χ0) is 25.8. The van der Waals surface area contributed by atoms with Crippen LogP contribution < -0.4 is 9.22 Å². The summed E-state index contributed by atoms with van der Waals surface area (Å²) in [6, 6.07) is 12.4. The number of rotatable bonds is 6. The van der Waals surface area contributed by atoms with Gasteiger partial charge in [0, 0.05) is 30.7 Å². The Balaban J connectivity index is 1.74. The van der Waals surface area contributed by atoms with Gasteiger partial charge in [0.15, 0.2) is 5.69 Å². The van der Waals surface area contributed by atoms with Crippen molar-refractivity contribution in [1.82, 2.24) is 9.38 Å². The third kappa shape index (κ3) is 6.06. The maximum atomic E-state index is 12.4. The average Bonchev–Trinajstić information content (AvgIpc) is 3.22. The van der Waals surface area contributed by atoms with E-state index in [4.69, 9.17) is 21.1 Å². The van der Waals surface area contributed by atoms with Crippen LogP contribution in [0.4, 0.5) is 15.3 Å². The number of halogens is 1. The third-order valence-corrected chi connectivity index (χ3v) is 5.39. The highest BCUT2D eigenvalue weighted by atomic mass is 35.5. The SMILES string of the molecule is CN(CCC1=NC=C[N+]1(C(=O)O)c1ccc(OC(=O)c2ccc(Cl)cc2)cc1)C(=O)OC(C)(C)C. The number of nitrogens with zero attached hydrogens (tertiary/aromatic N) is 3. The number of carbonyl (C=O) groups excluding carboxylic acids is 2. The van der Waals surface area contributed by atoms with Gasteiger partial charge in [-0.15, -0.1) is 4.48 Å². The molecule has 0 saturated heterocycles. The second-order valence-electron chi connectivity index (χ2n) is 8.89. The molecular formula is C25H27ClN3O6+. The highest BCUT2D eigenvalue weighted by Crippen LogP contribution is 2.32. The summed E-state index contributed by atoms with van der Waals surface area (Å²) >= 11 is 5.84. The van der Waals surface area contributed by atoms with Gasteiger partial charge < -0.3 is 19.5 Å². The molecule has 35 heavy (non-hydrogen) atoms. The summed E-state index contributed by atoms with van der Waals surface area (Å²) in [7, 11) is 1.58. The highest BCUT2D eigenvalue weighted by Gasteiger charge is 2.46. The molecule has 1 atom stereocenters. The summed E-state index contributed by atoms with van der Waals surface area (Å²) in [5.74, 6) is 0.00688. The smallest absolute Gasteiger partial charge is 0.444 e. The fraction of sp³-hybridized carbons (Fsp3) is 0.280. The lowest BCUT2D eigenvalue weighted by atomic mass is 10.2. The van der Waals surface area contributed by atoms with Crippen molar-refractivity contribution < 1.29 is 29.0 Å². The van der Waals surface area contributed by atoms with Crippen LogP contribution in [0.3, 0.4) is 0 Å². The second-order valence-corrected chi connectivity index (χ2v) is 9.33. The molecule has 0 spiro atoms. The van der Waals surface area contributed by atoms with E-state index in [9.17, 15) is 19.5 Å². The number of benzene rings is 2. The molecule has 2 aromatic carbocycles. The Bertz CT molecular complexity index is 1170. The molecule has 0 radical (unpaired) electrons. The fourth-order valence-corrected chi connectivity index (χ4v) is 3.48. The number of ether oxygens (including phenoxy) is 2. The van der Waals surface area contributed by atoms with Gasteiger partial charge in [0.2, 0.25) is 5.84 Å². The molecule has 1 aliphatic heterocycles. The number of esters is 1. The topological polar surface area (TPSA) is 106 Å². The third-order valence-electron chi connectivity index (χ3n) is 5.13. The van der Waals surface area contributed by atoms with Crippen molar-refractivity contribution >= 4 is 41.3 Å². The van der Waals surface area contributed by atoms with Crippen LogP contribution in [0.15, 0.2) is 65.9 Å². The van der Waals surface area contributed by atoms with Crippen molar-refractivity contribution in [2.75, 3.05) is 13.6 Å². The molecule has 0 bridgehead atoms. The summed E-state index contributed by atoms with van der Waals surface area (Å²) in [6.07, 6.45) is 1.39. The van der Waals surface area contributed by atoms with Gasteiger partial charge in [-0.2, -0.15) is 4.79 Å². The fourth-order valence-electron chi connectivity index (χ4n) is 3.36. The van der Waals surface area contributed by atoms with Crippen molar-refractivity contribution in [3.05, 3.63) is 71.5 Å². The Morgan fingerprint density at radius 1 is 1.06 bits per heavy atom. The summed E-state index contributed by atoms with van der Waals surface area (Å²) in [4.78, 5) is 42.7. The van der Waals surface area contributed by atoms with E-state index in [2.05, 4.69) is 4.99 Å². The summed E-state index contributed by atoms with van der Waals surface area (Å²) < 4.78 is 10.1. The van der Waals surface area contributed by atoms with Gasteiger partial charge in [0.05, 0.1) is 18.2 Å². The van der Waals surface area contributed by atoms with Crippen LogP contribution in [0.2, 0.25) is 5.02 Å². The summed E-state index contributed by atoms with van der Waals surface area (Å²) in [5, 5.41) is 10.6. The first-order valence-corrected chi connectivity index (χ1v) is 11.2. The first-order valence-electron chi connectivity index (χ1n) is 10.8. The molecule has 0 aromatic heterocycles. The Kier molecular flexibility index (Phi) is 7.62. The largest absolute Gasteiger partial charge is 0.529 e. The monoisotopic (exact) mass is 500 g/mol. The molecule has 1 heterocycles. The molecule has 0 aliphatic carbocycles. The Labute approximate surface area is 208 Å². The van der Waals surface area contributed by atoms with Crippen LogP contribution >= 0.6 is 11.6 Å². The molecule has 3 rings (SSSR count). The van der Waals surface area contributed by atoms with E-state index >= 15 is 0 Å². The summed E-state index contributed by atoms with van der Waals surface area (Å²) in [6.45, 7) is 5.52. The van der Waals surface area contributed by atoms with E-state index in [1.54, 1.807) is 64.2 Å². The number of hydrogen-bond donors (Lipinski definition) is 1. The lowest BCUT2D eigenvalue weighted by Gasteiger charge is -2.28. The average molecular weight is 501 g/mol. The Morgan fingerprint density at radius 3 is 2.26 bits per heavy atom. The molecule has 9 nitrogen and oxygen atoms in total. The molecule has 2 aromatic rings. The second kappa shape index (κ2) is 10.3. The van der Waals surface area contributed by atoms with Crippen LogP contribution in [0.1, 0.15) is 37.6 Å². The molecule has 1 N–H and O–H groups in total. The molecule has 10 heteroatoms. The lowest BCUT2D eigenvalue weighted by molar-refractivity contribution is 0.0302. The standard InChI is InChI=1S/C25H26ClN3O6/c1-25(2,3)35-23(31)28(4)15-13-21-27-14-16-29(21,24(32)33)19-9-11-20(12-10-19)34-22(30)17-5-7-18(26)8-6-17/h5-12,14,16H,13,15H2,1-4H3/p+1. The highest BCUT2D eigenvalue weighted by molar-refractivity contribution is 6.30. The normalized spacial score (nSPS) is 17.0. The van der Waals surface area contributed by atoms with Crippen molar-refractivity contribution in [3.63, 3.8) is 0 Å². The minimum absolute atomic E-state index is 0.197. The molecule has 1 unspecified atom stereocenters. The van der Waals surface area contributed by atoms with Crippen molar-refractivity contribution in [2.45, 2.75) is 32.8 Å². The maximum Gasteiger partial charge on any atom is 0.529 e. The van der Waals surface area contributed by atoms with Gasteiger partial charge in [-0.3, -0.25) is 0 Å². The van der Waals surface area contributed by atoms with E-state index < -0.39 is 28.2 Å². The van der Waals surface area contributed by atoms with Crippen molar-refractivity contribution in [1.29, 1.82) is 0 Å². The zero-order valence-corrected chi connectivity index (χ0v) is 20.7. The van der Waals surface area contributed by atoms with Crippen LogP contribution in [-0.2, 0) is 4.74 Å². The lowest BCUT2D eigenvalue weighted by Crippen LogP contribution is -2.52. The van der Waals surface area contributed by atoms with Crippen LogP contribution in [0, 0.1) is 0 Å². The van der Waals surface area contributed by atoms with Gasteiger partial charge in [0.25, 0.3) is 0 Å². The molecule has 184 valence electrons. The number of quaternary nitrogens is 1. The minimum Gasteiger partial charge on any atom is -0.444 e. The van der Waals surface area contributed by atoms with Gasteiger partial charge in [-0.05, 0) is 57.2 Å². The predicted octanol–water partition coefficient (Wildman–Crippen LogP) is 5.68. The van der Waals surface area contributed by atoms with E-state index in [1.165, 1.54) is 29.4 Å². The zero-order valence-electron chi connectivity index (χ0n) is 19.9. The van der Waals surface area contributed by atoms with Crippen LogP contribution in [-0.4, -0.2) is 53.2 Å². The predicted molar refractivity (Wildman–Crippen MR) is 133 cm³/mol. The number of carbonyl (C=O) groups is 3. The van der Waals surface area contributed by atoms with Gasteiger partial charge >= 0.3 is 18.2 Å². The number of amides is 2. The first kappa shape index (κ1) is 25.9. The van der Waals surface area contributed by atoms with Gasteiger partial charge in [0.1, 0.15) is 17.6 Å². The molecule has 0 fully saturated rings. The van der Waals surface area contributed by atoms with Crippen molar-refractivity contribution in [3.8, 4) is 5.75 Å². The Morgan fingerprint density at radius 2 is 1.69 bits per heavy atom.